The van der Waals surface area contributed by atoms with Gasteiger partial charge in [0.2, 0.25) is 5.91 Å². The lowest BCUT2D eigenvalue weighted by molar-refractivity contribution is -0.137. The van der Waals surface area contributed by atoms with Crippen molar-refractivity contribution >= 4 is 52.2 Å². The normalized spacial score (nSPS) is 18.8. The Morgan fingerprint density at radius 2 is 1.60 bits per heavy atom. The fourth-order valence-corrected chi connectivity index (χ4v) is 5.33. The number of nitrogens with zero attached hydrogens (tertiary/aromatic N) is 3. The minimum absolute atomic E-state index is 0.0722. The van der Waals surface area contributed by atoms with Crippen molar-refractivity contribution in [3.05, 3.63) is 59.0 Å². The quantitative estimate of drug-likeness (QED) is 0.481. The van der Waals surface area contributed by atoms with E-state index in [1.165, 1.54) is 0 Å². The molecule has 0 aromatic heterocycles. The number of hydrogen-bond acceptors (Lipinski definition) is 9. The van der Waals surface area contributed by atoms with Gasteiger partial charge in [-0.05, 0) is 47.7 Å². The molecule has 40 heavy (non-hydrogen) atoms. The van der Waals surface area contributed by atoms with Crippen LogP contribution in [0.15, 0.2) is 53.4 Å². The maximum absolute atomic E-state index is 13.0. The number of rotatable bonds is 8. The van der Waals surface area contributed by atoms with Gasteiger partial charge in [-0.3, -0.25) is 24.1 Å². The highest BCUT2D eigenvalue weighted by Crippen LogP contribution is 2.33. The van der Waals surface area contributed by atoms with Gasteiger partial charge < -0.3 is 29.3 Å². The molecule has 2 aromatic rings. The summed E-state index contributed by atoms with van der Waals surface area (Å²) in [6.07, 6.45) is 1.60. The zero-order valence-corrected chi connectivity index (χ0v) is 22.7. The van der Waals surface area contributed by atoms with E-state index in [1.54, 1.807) is 41.3 Å². The van der Waals surface area contributed by atoms with Gasteiger partial charge in [-0.15, -0.1) is 0 Å². The molecule has 0 atom stereocenters. The number of carbonyl (C=O) groups is 4. The molecule has 3 aliphatic rings. The topological polar surface area (TPSA) is 118 Å². The highest BCUT2D eigenvalue weighted by Gasteiger charge is 2.36. The standard InChI is InChI=1S/C28H30N4O7S/c33-25(29-22-3-1-2-4-23(22)30-9-13-37-14-10-30)18-32-27(35)24(40-28(32)36)17-20-5-7-21(8-6-20)39-19-26(34)31-11-15-38-16-12-31/h1-8,17H,9-16,18-19H2,(H,29,33)/b24-17+. The van der Waals surface area contributed by atoms with E-state index in [1.807, 2.05) is 18.2 Å². The summed E-state index contributed by atoms with van der Waals surface area (Å²) in [7, 11) is 0. The third-order valence-electron chi connectivity index (χ3n) is 6.61. The van der Waals surface area contributed by atoms with Crippen LogP contribution in [0, 0.1) is 0 Å². The molecule has 0 aliphatic carbocycles. The van der Waals surface area contributed by atoms with E-state index in [2.05, 4.69) is 10.2 Å². The third-order valence-corrected chi connectivity index (χ3v) is 7.52. The Labute approximate surface area is 236 Å². The smallest absolute Gasteiger partial charge is 0.294 e. The average Bonchev–Trinajstić information content (AvgIpc) is 3.25. The van der Waals surface area contributed by atoms with E-state index in [-0.39, 0.29) is 24.0 Å². The van der Waals surface area contributed by atoms with Gasteiger partial charge in [0, 0.05) is 26.2 Å². The van der Waals surface area contributed by atoms with Crippen molar-refractivity contribution in [2.45, 2.75) is 0 Å². The molecule has 11 nitrogen and oxygen atoms in total. The number of carbonyl (C=O) groups excluding carboxylic acids is 4. The summed E-state index contributed by atoms with van der Waals surface area (Å²) in [6, 6.07) is 14.3. The summed E-state index contributed by atoms with van der Waals surface area (Å²) in [4.78, 5) is 55.6. The van der Waals surface area contributed by atoms with Gasteiger partial charge in [-0.25, -0.2) is 0 Å². The van der Waals surface area contributed by atoms with Crippen LogP contribution in [0.5, 0.6) is 5.75 Å². The minimum Gasteiger partial charge on any atom is -0.484 e. The van der Waals surface area contributed by atoms with Crippen LogP contribution in [0.2, 0.25) is 0 Å². The van der Waals surface area contributed by atoms with Crippen molar-refractivity contribution in [1.29, 1.82) is 0 Å². The molecular weight excluding hydrogens is 536 g/mol. The molecule has 3 heterocycles. The number of para-hydroxylation sites is 2. The first-order chi connectivity index (χ1) is 19.5. The number of imide groups is 1. The van der Waals surface area contributed by atoms with Gasteiger partial charge in [0.1, 0.15) is 12.3 Å². The molecule has 0 radical (unpaired) electrons. The Morgan fingerprint density at radius 3 is 2.33 bits per heavy atom. The van der Waals surface area contributed by atoms with Crippen LogP contribution < -0.4 is 15.0 Å². The molecule has 12 heteroatoms. The molecule has 3 fully saturated rings. The molecule has 4 amide bonds. The van der Waals surface area contributed by atoms with Gasteiger partial charge in [0.25, 0.3) is 17.1 Å². The summed E-state index contributed by atoms with van der Waals surface area (Å²) >= 11 is 0.790. The van der Waals surface area contributed by atoms with E-state index in [0.29, 0.717) is 69.6 Å². The van der Waals surface area contributed by atoms with Gasteiger partial charge in [0.05, 0.1) is 42.7 Å². The third kappa shape index (κ3) is 6.82. The molecular formula is C28H30N4O7S. The molecule has 210 valence electrons. The van der Waals surface area contributed by atoms with E-state index in [4.69, 9.17) is 14.2 Å². The van der Waals surface area contributed by atoms with Crippen LogP contribution in [0.1, 0.15) is 5.56 Å². The molecule has 5 rings (SSSR count). The fourth-order valence-electron chi connectivity index (χ4n) is 4.49. The molecule has 3 aliphatic heterocycles. The van der Waals surface area contributed by atoms with E-state index >= 15 is 0 Å². The minimum atomic E-state index is -0.525. The maximum Gasteiger partial charge on any atom is 0.294 e. The molecule has 0 spiro atoms. The second kappa shape index (κ2) is 13.0. The van der Waals surface area contributed by atoms with Crippen molar-refractivity contribution in [1.82, 2.24) is 9.80 Å². The monoisotopic (exact) mass is 566 g/mol. The largest absolute Gasteiger partial charge is 0.484 e. The van der Waals surface area contributed by atoms with E-state index < -0.39 is 17.1 Å². The fraction of sp³-hybridized carbons (Fsp3) is 0.357. The van der Waals surface area contributed by atoms with Crippen molar-refractivity contribution < 1.29 is 33.4 Å². The lowest BCUT2D eigenvalue weighted by atomic mass is 10.2. The Hall–Kier alpha value is -3.87. The number of amides is 4. The summed E-state index contributed by atoms with van der Waals surface area (Å²) in [5, 5.41) is 2.34. The molecule has 0 bridgehead atoms. The van der Waals surface area contributed by atoms with Gasteiger partial charge in [0.15, 0.2) is 6.61 Å². The first-order valence-corrected chi connectivity index (χ1v) is 13.8. The number of nitrogens with one attached hydrogen (secondary N) is 1. The Balaban J connectivity index is 1.16. The first kappa shape index (κ1) is 27.7. The first-order valence-electron chi connectivity index (χ1n) is 13.0. The Kier molecular flexibility index (Phi) is 8.99. The summed E-state index contributed by atoms with van der Waals surface area (Å²) in [5.41, 5.74) is 2.16. The predicted octanol–water partition coefficient (Wildman–Crippen LogP) is 2.44. The number of hydrogen-bond donors (Lipinski definition) is 1. The molecule has 3 saturated heterocycles. The van der Waals surface area contributed by atoms with Crippen LogP contribution in [-0.4, -0.2) is 98.5 Å². The molecule has 0 unspecified atom stereocenters. The predicted molar refractivity (Wildman–Crippen MR) is 150 cm³/mol. The number of anilines is 2. The summed E-state index contributed by atoms with van der Waals surface area (Å²) in [5.74, 6) is -0.573. The summed E-state index contributed by atoms with van der Waals surface area (Å²) < 4.78 is 16.3. The Morgan fingerprint density at radius 1 is 0.925 bits per heavy atom. The van der Waals surface area contributed by atoms with Crippen LogP contribution in [0.3, 0.4) is 0 Å². The lowest BCUT2D eigenvalue weighted by Gasteiger charge is -2.30. The number of morpholine rings is 2. The molecule has 0 saturated carbocycles. The van der Waals surface area contributed by atoms with Crippen molar-refractivity contribution in [2.24, 2.45) is 0 Å². The molecule has 2 aromatic carbocycles. The van der Waals surface area contributed by atoms with Gasteiger partial charge in [-0.2, -0.15) is 0 Å². The Bertz CT molecular complexity index is 1290. The maximum atomic E-state index is 13.0. The van der Waals surface area contributed by atoms with Gasteiger partial charge in [-0.1, -0.05) is 24.3 Å². The number of benzene rings is 2. The van der Waals surface area contributed by atoms with Crippen LogP contribution >= 0.6 is 11.8 Å². The second-order valence-electron chi connectivity index (χ2n) is 9.28. The molecule has 1 N–H and O–H groups in total. The lowest BCUT2D eigenvalue weighted by Crippen LogP contribution is -2.42. The van der Waals surface area contributed by atoms with Crippen molar-refractivity contribution in [3.8, 4) is 5.75 Å². The van der Waals surface area contributed by atoms with Crippen LogP contribution in [0.25, 0.3) is 6.08 Å². The average molecular weight is 567 g/mol. The summed E-state index contributed by atoms with van der Waals surface area (Å²) in [6.45, 7) is 4.34. The van der Waals surface area contributed by atoms with E-state index in [0.717, 1.165) is 22.3 Å². The number of thioether (sulfide) groups is 1. The van der Waals surface area contributed by atoms with Gasteiger partial charge >= 0.3 is 0 Å². The van der Waals surface area contributed by atoms with Crippen LogP contribution in [-0.2, 0) is 23.9 Å². The number of ether oxygens (including phenoxy) is 3. The van der Waals surface area contributed by atoms with Crippen molar-refractivity contribution in [3.63, 3.8) is 0 Å². The zero-order chi connectivity index (χ0) is 27.9. The highest BCUT2D eigenvalue weighted by atomic mass is 32.2. The van der Waals surface area contributed by atoms with Crippen molar-refractivity contribution in [2.75, 3.05) is 76.0 Å². The highest BCUT2D eigenvalue weighted by molar-refractivity contribution is 8.18. The zero-order valence-electron chi connectivity index (χ0n) is 21.9. The second-order valence-corrected chi connectivity index (χ2v) is 10.3. The van der Waals surface area contributed by atoms with Crippen LogP contribution in [0.4, 0.5) is 16.2 Å². The van der Waals surface area contributed by atoms with E-state index in [9.17, 15) is 19.2 Å². The SMILES string of the molecule is O=C(CN1C(=O)S/C(=C/c2ccc(OCC(=O)N3CCOCC3)cc2)C1=O)Nc1ccccc1N1CCOCC1.